The van der Waals surface area contributed by atoms with E-state index in [-0.39, 0.29) is 11.2 Å². The maximum Gasteiger partial charge on any atom is 0.237 e. The summed E-state index contributed by atoms with van der Waals surface area (Å²) in [5, 5.41) is 3.53. The summed E-state index contributed by atoms with van der Waals surface area (Å²) >= 11 is 13.3. The third kappa shape index (κ3) is 4.67. The van der Waals surface area contributed by atoms with Crippen LogP contribution in [-0.2, 0) is 4.79 Å². The van der Waals surface area contributed by atoms with E-state index in [0.29, 0.717) is 15.7 Å². The molecule has 0 heterocycles. The average Bonchev–Trinajstić information content (AvgIpc) is 2.45. The normalized spacial score (nSPS) is 12.0. The van der Waals surface area contributed by atoms with Crippen LogP contribution in [0, 0.1) is 6.92 Å². The topological polar surface area (TPSA) is 29.1 Å². The van der Waals surface area contributed by atoms with Gasteiger partial charge in [-0.15, -0.1) is 11.8 Å². The van der Waals surface area contributed by atoms with Gasteiger partial charge in [-0.05, 0) is 44.2 Å². The molecule has 1 atom stereocenters. The highest BCUT2D eigenvalue weighted by molar-refractivity contribution is 8.00. The molecular weight excluding hydrogens is 325 g/mol. The Morgan fingerprint density at radius 3 is 2.38 bits per heavy atom. The van der Waals surface area contributed by atoms with Gasteiger partial charge in [0, 0.05) is 10.6 Å². The van der Waals surface area contributed by atoms with Crippen molar-refractivity contribution in [3.63, 3.8) is 0 Å². The van der Waals surface area contributed by atoms with E-state index < -0.39 is 0 Å². The van der Waals surface area contributed by atoms with Gasteiger partial charge in [0.25, 0.3) is 0 Å². The number of hydrogen-bond acceptors (Lipinski definition) is 2. The van der Waals surface area contributed by atoms with Crippen LogP contribution in [0.5, 0.6) is 0 Å². The van der Waals surface area contributed by atoms with E-state index in [4.69, 9.17) is 23.2 Å². The highest BCUT2D eigenvalue weighted by Crippen LogP contribution is 2.27. The van der Waals surface area contributed by atoms with Gasteiger partial charge in [0.1, 0.15) is 0 Å². The van der Waals surface area contributed by atoms with Gasteiger partial charge in [-0.3, -0.25) is 4.79 Å². The van der Waals surface area contributed by atoms with Crippen molar-refractivity contribution < 1.29 is 4.79 Å². The third-order valence-corrected chi connectivity index (χ3v) is 4.74. The van der Waals surface area contributed by atoms with E-state index in [1.807, 2.05) is 38.1 Å². The molecule has 0 fully saturated rings. The van der Waals surface area contributed by atoms with E-state index in [0.717, 1.165) is 4.90 Å². The zero-order valence-corrected chi connectivity index (χ0v) is 14.0. The summed E-state index contributed by atoms with van der Waals surface area (Å²) in [5.41, 5.74) is 1.85. The molecule has 0 aliphatic carbocycles. The molecule has 0 aromatic heterocycles. The summed E-state index contributed by atoms with van der Waals surface area (Å²) in [5.74, 6) is -0.0704. The maximum absolute atomic E-state index is 12.2. The molecule has 2 aromatic rings. The number of benzene rings is 2. The van der Waals surface area contributed by atoms with Crippen LogP contribution in [0.1, 0.15) is 12.5 Å². The number of amides is 1. The number of aryl methyl sites for hydroxylation is 1. The Morgan fingerprint density at radius 2 is 1.76 bits per heavy atom. The number of carbonyl (C=O) groups is 1. The van der Waals surface area contributed by atoms with E-state index in [9.17, 15) is 4.79 Å². The number of rotatable bonds is 4. The summed E-state index contributed by atoms with van der Waals surface area (Å²) in [6, 6.07) is 13.1. The van der Waals surface area contributed by atoms with Crippen LogP contribution < -0.4 is 5.32 Å². The minimum atomic E-state index is -0.206. The second kappa shape index (κ2) is 7.21. The summed E-state index contributed by atoms with van der Waals surface area (Å²) in [4.78, 5) is 13.2. The Labute approximate surface area is 138 Å². The molecular formula is C16H15Cl2NOS. The molecule has 0 saturated carbocycles. The lowest BCUT2D eigenvalue weighted by atomic mass is 10.2. The predicted molar refractivity (Wildman–Crippen MR) is 91.6 cm³/mol. The Morgan fingerprint density at radius 1 is 1.10 bits per heavy atom. The first-order valence-corrected chi connectivity index (χ1v) is 8.08. The van der Waals surface area contributed by atoms with Gasteiger partial charge in [-0.1, -0.05) is 40.9 Å². The number of anilines is 1. The van der Waals surface area contributed by atoms with E-state index in [1.54, 1.807) is 18.2 Å². The van der Waals surface area contributed by atoms with Crippen molar-refractivity contribution >= 4 is 46.6 Å². The third-order valence-electron chi connectivity index (χ3n) is 2.89. The number of halogens is 2. The van der Waals surface area contributed by atoms with Crippen molar-refractivity contribution in [1.82, 2.24) is 0 Å². The van der Waals surface area contributed by atoms with Gasteiger partial charge in [0.05, 0.1) is 15.3 Å². The predicted octanol–water partition coefficient (Wildman–Crippen LogP) is 5.42. The largest absolute Gasteiger partial charge is 0.325 e. The van der Waals surface area contributed by atoms with Gasteiger partial charge in [-0.25, -0.2) is 0 Å². The van der Waals surface area contributed by atoms with Gasteiger partial charge in [0.2, 0.25) is 5.91 Å². The molecule has 0 aliphatic rings. The van der Waals surface area contributed by atoms with Gasteiger partial charge >= 0.3 is 0 Å². The Kier molecular flexibility index (Phi) is 5.57. The van der Waals surface area contributed by atoms with Crippen molar-refractivity contribution in [2.24, 2.45) is 0 Å². The molecule has 2 rings (SSSR count). The zero-order valence-electron chi connectivity index (χ0n) is 11.7. The molecule has 1 N–H and O–H groups in total. The first-order chi connectivity index (χ1) is 9.95. The fourth-order valence-corrected chi connectivity index (χ4v) is 2.86. The molecule has 0 radical (unpaired) electrons. The highest BCUT2D eigenvalue weighted by Gasteiger charge is 2.15. The van der Waals surface area contributed by atoms with Crippen LogP contribution in [0.4, 0.5) is 5.69 Å². The fourth-order valence-electron chi connectivity index (χ4n) is 1.69. The van der Waals surface area contributed by atoms with Crippen molar-refractivity contribution in [1.29, 1.82) is 0 Å². The van der Waals surface area contributed by atoms with Crippen molar-refractivity contribution in [2.75, 3.05) is 5.32 Å². The molecule has 0 spiro atoms. The Hall–Kier alpha value is -1.16. The van der Waals surface area contributed by atoms with Crippen LogP contribution in [0.3, 0.4) is 0 Å². The standard InChI is InChI=1S/C16H15Cl2NOS/c1-10-3-6-13(7-4-10)21-11(2)16(20)19-12-5-8-14(17)15(18)9-12/h3-9,11H,1-2H3,(H,19,20). The molecule has 5 heteroatoms. The van der Waals surface area contributed by atoms with E-state index in [2.05, 4.69) is 5.32 Å². The quantitative estimate of drug-likeness (QED) is 0.753. The summed E-state index contributed by atoms with van der Waals surface area (Å²) < 4.78 is 0. The van der Waals surface area contributed by atoms with Crippen molar-refractivity contribution in [3.8, 4) is 0 Å². The lowest BCUT2D eigenvalue weighted by molar-refractivity contribution is -0.115. The molecule has 2 aromatic carbocycles. The first kappa shape index (κ1) is 16.2. The van der Waals surface area contributed by atoms with Crippen molar-refractivity contribution in [2.45, 2.75) is 24.0 Å². The summed E-state index contributed by atoms with van der Waals surface area (Å²) in [7, 11) is 0. The average molecular weight is 340 g/mol. The van der Waals surface area contributed by atoms with Crippen LogP contribution in [0.2, 0.25) is 10.0 Å². The molecule has 21 heavy (non-hydrogen) atoms. The molecule has 0 saturated heterocycles. The van der Waals surface area contributed by atoms with Crippen LogP contribution in [-0.4, -0.2) is 11.2 Å². The molecule has 0 aliphatic heterocycles. The number of thioether (sulfide) groups is 1. The SMILES string of the molecule is Cc1ccc(SC(C)C(=O)Nc2ccc(Cl)c(Cl)c2)cc1. The van der Waals surface area contributed by atoms with Gasteiger partial charge in [-0.2, -0.15) is 0 Å². The van der Waals surface area contributed by atoms with Crippen molar-refractivity contribution in [3.05, 3.63) is 58.1 Å². The molecule has 1 amide bonds. The molecule has 110 valence electrons. The van der Waals surface area contributed by atoms with Gasteiger partial charge < -0.3 is 5.32 Å². The minimum Gasteiger partial charge on any atom is -0.325 e. The lowest BCUT2D eigenvalue weighted by Gasteiger charge is -2.12. The summed E-state index contributed by atoms with van der Waals surface area (Å²) in [6.45, 7) is 3.91. The van der Waals surface area contributed by atoms with Crippen LogP contribution >= 0.6 is 35.0 Å². The smallest absolute Gasteiger partial charge is 0.237 e. The highest BCUT2D eigenvalue weighted by atomic mass is 35.5. The number of hydrogen-bond donors (Lipinski definition) is 1. The Bertz CT molecular complexity index is 643. The van der Waals surface area contributed by atoms with Crippen LogP contribution in [0.15, 0.2) is 47.4 Å². The fraction of sp³-hybridized carbons (Fsp3) is 0.188. The van der Waals surface area contributed by atoms with Gasteiger partial charge in [0.15, 0.2) is 0 Å². The van der Waals surface area contributed by atoms with E-state index in [1.165, 1.54) is 17.3 Å². The molecule has 2 nitrogen and oxygen atoms in total. The molecule has 1 unspecified atom stereocenters. The molecule has 0 bridgehead atoms. The number of carbonyl (C=O) groups excluding carboxylic acids is 1. The lowest BCUT2D eigenvalue weighted by Crippen LogP contribution is -2.22. The Balaban J connectivity index is 1.98. The van der Waals surface area contributed by atoms with Crippen LogP contribution in [0.25, 0.3) is 0 Å². The second-order valence-corrected chi connectivity index (χ2v) is 6.92. The first-order valence-electron chi connectivity index (χ1n) is 6.45. The number of nitrogens with one attached hydrogen (secondary N) is 1. The summed E-state index contributed by atoms with van der Waals surface area (Å²) in [6.07, 6.45) is 0. The minimum absolute atomic E-state index is 0.0704. The zero-order chi connectivity index (χ0) is 15.4. The maximum atomic E-state index is 12.2. The monoisotopic (exact) mass is 339 g/mol. The second-order valence-electron chi connectivity index (χ2n) is 4.69. The van der Waals surface area contributed by atoms with E-state index >= 15 is 0 Å².